The Kier molecular flexibility index (Phi) is 6.82. The highest BCUT2D eigenvalue weighted by atomic mass is 32.2. The van der Waals surface area contributed by atoms with Crippen molar-refractivity contribution in [2.75, 3.05) is 10.6 Å². The van der Waals surface area contributed by atoms with Gasteiger partial charge in [0.15, 0.2) is 0 Å². The molecule has 2 aromatic carbocycles. The Morgan fingerprint density at radius 2 is 1.64 bits per heavy atom. The predicted octanol–water partition coefficient (Wildman–Crippen LogP) is 3.86. The lowest BCUT2D eigenvalue weighted by Gasteiger charge is -2.31. The van der Waals surface area contributed by atoms with E-state index in [1.54, 1.807) is 38.1 Å². The number of sulfonamides is 1. The molecule has 0 aliphatic heterocycles. The third kappa shape index (κ3) is 5.32. The van der Waals surface area contributed by atoms with Crippen molar-refractivity contribution in [1.82, 2.24) is 5.32 Å². The molecule has 0 spiro atoms. The molecule has 7 heteroatoms. The number of carbonyl (C=O) groups excluding carboxylic acids is 1. The van der Waals surface area contributed by atoms with Crippen LogP contribution in [0, 0.1) is 19.7 Å². The minimum atomic E-state index is -3.69. The summed E-state index contributed by atoms with van der Waals surface area (Å²) in [6.45, 7) is 7.32. The molecule has 5 nitrogen and oxygen atoms in total. The van der Waals surface area contributed by atoms with Crippen LogP contribution in [0.5, 0.6) is 0 Å². The maximum atomic E-state index is 13.1. The zero-order valence-electron chi connectivity index (χ0n) is 16.9. The standard InChI is InChI=1S/C21H27FN2O3S/c1-6-20(21(25)23-16(4)17-7-9-18(22)10-8-17)24(28(5,26)27)19-12-14(2)11-15(3)13-19/h7-13,16,20H,6H2,1-5H3,(H,23,25)/t16-,20+/m1/s1. The second-order valence-corrected chi connectivity index (χ2v) is 8.97. The maximum absolute atomic E-state index is 13.1. The lowest BCUT2D eigenvalue weighted by Crippen LogP contribution is -2.49. The Morgan fingerprint density at radius 3 is 2.11 bits per heavy atom. The Balaban J connectivity index is 2.34. The average molecular weight is 407 g/mol. The van der Waals surface area contributed by atoms with Gasteiger partial charge in [0.05, 0.1) is 18.0 Å². The van der Waals surface area contributed by atoms with Crippen LogP contribution in [-0.2, 0) is 14.8 Å². The van der Waals surface area contributed by atoms with Crippen molar-refractivity contribution in [3.8, 4) is 0 Å². The van der Waals surface area contributed by atoms with Gasteiger partial charge in [-0.2, -0.15) is 0 Å². The molecule has 2 rings (SSSR count). The van der Waals surface area contributed by atoms with E-state index in [-0.39, 0.29) is 11.9 Å². The number of nitrogens with one attached hydrogen (secondary N) is 1. The molecule has 0 saturated carbocycles. The number of hydrogen-bond acceptors (Lipinski definition) is 3. The summed E-state index contributed by atoms with van der Waals surface area (Å²) in [5, 5.41) is 2.85. The Labute approximate surface area is 166 Å². The first-order valence-electron chi connectivity index (χ1n) is 9.16. The Bertz CT molecular complexity index is 922. The van der Waals surface area contributed by atoms with Gasteiger partial charge in [-0.1, -0.05) is 25.1 Å². The lowest BCUT2D eigenvalue weighted by atomic mass is 10.1. The SMILES string of the molecule is CC[C@@H](C(=O)N[C@H](C)c1ccc(F)cc1)N(c1cc(C)cc(C)c1)S(C)(=O)=O. The zero-order valence-corrected chi connectivity index (χ0v) is 17.7. The minimum absolute atomic E-state index is 0.308. The van der Waals surface area contributed by atoms with Gasteiger partial charge in [0.25, 0.3) is 0 Å². The molecule has 0 aliphatic rings. The van der Waals surface area contributed by atoms with Crippen LogP contribution in [0.2, 0.25) is 0 Å². The first kappa shape index (κ1) is 21.9. The van der Waals surface area contributed by atoms with Gasteiger partial charge in [0, 0.05) is 0 Å². The van der Waals surface area contributed by atoms with Gasteiger partial charge < -0.3 is 5.32 Å². The molecule has 0 saturated heterocycles. The van der Waals surface area contributed by atoms with Crippen molar-refractivity contribution >= 4 is 21.6 Å². The predicted molar refractivity (Wildman–Crippen MR) is 110 cm³/mol. The summed E-state index contributed by atoms with van der Waals surface area (Å²) in [7, 11) is -3.69. The highest BCUT2D eigenvalue weighted by Crippen LogP contribution is 2.25. The molecule has 0 radical (unpaired) electrons. The number of hydrogen-bond donors (Lipinski definition) is 1. The van der Waals surface area contributed by atoms with Crippen LogP contribution >= 0.6 is 0 Å². The number of nitrogens with zero attached hydrogens (tertiary/aromatic N) is 1. The van der Waals surface area contributed by atoms with E-state index in [0.717, 1.165) is 22.9 Å². The van der Waals surface area contributed by atoms with Crippen molar-refractivity contribution in [3.63, 3.8) is 0 Å². The molecular formula is C21H27FN2O3S. The number of anilines is 1. The monoisotopic (exact) mass is 406 g/mol. The fraction of sp³-hybridized carbons (Fsp3) is 0.381. The second kappa shape index (κ2) is 8.73. The summed E-state index contributed by atoms with van der Waals surface area (Å²) in [6.07, 6.45) is 1.41. The van der Waals surface area contributed by atoms with Crippen LogP contribution in [0.1, 0.15) is 43.0 Å². The summed E-state index contributed by atoms with van der Waals surface area (Å²) >= 11 is 0. The molecule has 0 unspecified atom stereocenters. The van der Waals surface area contributed by atoms with Crippen LogP contribution in [0.4, 0.5) is 10.1 Å². The van der Waals surface area contributed by atoms with Crippen LogP contribution in [-0.4, -0.2) is 26.6 Å². The van der Waals surface area contributed by atoms with Crippen LogP contribution in [0.15, 0.2) is 42.5 Å². The van der Waals surface area contributed by atoms with Crippen molar-refractivity contribution in [2.24, 2.45) is 0 Å². The van der Waals surface area contributed by atoms with Crippen LogP contribution in [0.25, 0.3) is 0 Å². The van der Waals surface area contributed by atoms with E-state index >= 15 is 0 Å². The van der Waals surface area contributed by atoms with Crippen molar-refractivity contribution in [3.05, 3.63) is 65.0 Å². The van der Waals surface area contributed by atoms with E-state index in [4.69, 9.17) is 0 Å². The number of benzene rings is 2. The lowest BCUT2D eigenvalue weighted by molar-refractivity contribution is -0.122. The molecule has 0 fully saturated rings. The first-order chi connectivity index (χ1) is 13.0. The second-order valence-electron chi connectivity index (χ2n) is 7.11. The summed E-state index contributed by atoms with van der Waals surface area (Å²) in [5.74, 6) is -0.754. The quantitative estimate of drug-likeness (QED) is 0.759. The van der Waals surface area contributed by atoms with Gasteiger partial charge in [0.1, 0.15) is 11.9 Å². The van der Waals surface area contributed by atoms with Crippen LogP contribution in [0.3, 0.4) is 0 Å². The molecule has 0 heterocycles. The highest BCUT2D eigenvalue weighted by Gasteiger charge is 2.32. The average Bonchev–Trinajstić information content (AvgIpc) is 2.57. The molecule has 2 aromatic rings. The third-order valence-corrected chi connectivity index (χ3v) is 5.70. The Hall–Kier alpha value is -2.41. The number of carbonyl (C=O) groups is 1. The molecule has 28 heavy (non-hydrogen) atoms. The zero-order chi connectivity index (χ0) is 21.1. The minimum Gasteiger partial charge on any atom is -0.348 e. The molecule has 0 bridgehead atoms. The topological polar surface area (TPSA) is 66.5 Å². The molecule has 152 valence electrons. The third-order valence-electron chi connectivity index (χ3n) is 4.52. The number of halogens is 1. The van der Waals surface area contributed by atoms with Crippen LogP contribution < -0.4 is 9.62 Å². The Morgan fingerprint density at radius 1 is 1.11 bits per heavy atom. The van der Waals surface area contributed by atoms with Crippen molar-refractivity contribution in [1.29, 1.82) is 0 Å². The van der Waals surface area contributed by atoms with E-state index in [0.29, 0.717) is 12.1 Å². The van der Waals surface area contributed by atoms with Gasteiger partial charge in [0.2, 0.25) is 15.9 Å². The summed E-state index contributed by atoms with van der Waals surface area (Å²) in [4.78, 5) is 13.0. The van der Waals surface area contributed by atoms with E-state index in [1.807, 2.05) is 19.9 Å². The fourth-order valence-electron chi connectivity index (χ4n) is 3.28. The largest absolute Gasteiger partial charge is 0.348 e. The fourth-order valence-corrected chi connectivity index (χ4v) is 4.48. The van der Waals surface area contributed by atoms with Gasteiger partial charge in [-0.3, -0.25) is 9.10 Å². The van der Waals surface area contributed by atoms with E-state index in [1.165, 1.54) is 16.4 Å². The van der Waals surface area contributed by atoms with E-state index in [9.17, 15) is 17.6 Å². The number of amides is 1. The van der Waals surface area contributed by atoms with Crippen molar-refractivity contribution < 1.29 is 17.6 Å². The number of aryl methyl sites for hydroxylation is 2. The molecule has 1 amide bonds. The smallest absolute Gasteiger partial charge is 0.244 e. The molecule has 2 atom stereocenters. The first-order valence-corrected chi connectivity index (χ1v) is 11.0. The molecule has 1 N–H and O–H groups in total. The normalized spacial score (nSPS) is 13.6. The van der Waals surface area contributed by atoms with E-state index in [2.05, 4.69) is 5.32 Å². The summed E-state index contributed by atoms with van der Waals surface area (Å²) in [6, 6.07) is 10.0. The van der Waals surface area contributed by atoms with Gasteiger partial charge in [-0.25, -0.2) is 12.8 Å². The highest BCUT2D eigenvalue weighted by molar-refractivity contribution is 7.92. The van der Waals surface area contributed by atoms with Gasteiger partial charge >= 0.3 is 0 Å². The van der Waals surface area contributed by atoms with Gasteiger partial charge in [-0.05, 0) is 68.1 Å². The molecule has 0 aliphatic carbocycles. The summed E-state index contributed by atoms with van der Waals surface area (Å²) < 4.78 is 39.4. The van der Waals surface area contributed by atoms with Crippen molar-refractivity contribution in [2.45, 2.75) is 46.2 Å². The molecular weight excluding hydrogens is 379 g/mol. The molecule has 0 aromatic heterocycles. The summed E-state index contributed by atoms with van der Waals surface area (Å²) in [5.41, 5.74) is 3.04. The van der Waals surface area contributed by atoms with Gasteiger partial charge in [-0.15, -0.1) is 0 Å². The van der Waals surface area contributed by atoms with E-state index < -0.39 is 22.0 Å². The maximum Gasteiger partial charge on any atom is 0.244 e. The number of rotatable bonds is 7.